The predicted octanol–water partition coefficient (Wildman–Crippen LogP) is 4.09. The van der Waals surface area contributed by atoms with Crippen LogP contribution in [0, 0.1) is 6.92 Å². The van der Waals surface area contributed by atoms with Gasteiger partial charge in [0.15, 0.2) is 0 Å². The highest BCUT2D eigenvalue weighted by atomic mass is 35.5. The Morgan fingerprint density at radius 1 is 1.21 bits per heavy atom. The summed E-state index contributed by atoms with van der Waals surface area (Å²) in [4.78, 5) is 3.29. The van der Waals surface area contributed by atoms with Gasteiger partial charge in [-0.2, -0.15) is 13.2 Å². The number of alkyl halides is 3. The van der Waals surface area contributed by atoms with E-state index in [9.17, 15) is 13.2 Å². The van der Waals surface area contributed by atoms with Crippen LogP contribution in [0.25, 0.3) is 0 Å². The Kier molecular flexibility index (Phi) is 4.91. The molecule has 0 saturated carbocycles. The number of pyridine rings is 1. The highest BCUT2D eigenvalue weighted by molar-refractivity contribution is 6.31. The summed E-state index contributed by atoms with van der Waals surface area (Å²) in [6.07, 6.45) is -4.39. The third kappa shape index (κ3) is 3.54. The van der Waals surface area contributed by atoms with Crippen LogP contribution in [-0.4, -0.2) is 4.98 Å². The fourth-order valence-electron chi connectivity index (χ4n) is 0.702. The molecule has 1 aromatic rings. The van der Waals surface area contributed by atoms with Crippen molar-refractivity contribution in [3.05, 3.63) is 28.5 Å². The van der Waals surface area contributed by atoms with E-state index in [0.29, 0.717) is 0 Å². The first-order valence-corrected chi connectivity index (χ1v) is 4.49. The van der Waals surface area contributed by atoms with Crippen molar-refractivity contribution in [1.82, 2.24) is 4.98 Å². The van der Waals surface area contributed by atoms with Crippen LogP contribution in [-0.2, 0) is 6.18 Å². The van der Waals surface area contributed by atoms with E-state index in [2.05, 4.69) is 4.98 Å². The van der Waals surface area contributed by atoms with Gasteiger partial charge in [0.05, 0.1) is 10.7 Å². The van der Waals surface area contributed by atoms with Gasteiger partial charge in [-0.1, -0.05) is 25.4 Å². The van der Waals surface area contributed by atoms with E-state index in [1.54, 1.807) is 0 Å². The van der Waals surface area contributed by atoms with Crippen molar-refractivity contribution in [2.24, 2.45) is 0 Å². The number of aryl methyl sites for hydroxylation is 1. The Labute approximate surface area is 85.9 Å². The molecular formula is C9H11ClF3N. The average molecular weight is 226 g/mol. The van der Waals surface area contributed by atoms with Gasteiger partial charge in [0.25, 0.3) is 0 Å². The van der Waals surface area contributed by atoms with Crippen LogP contribution in [0.2, 0.25) is 5.02 Å². The molecule has 14 heavy (non-hydrogen) atoms. The van der Waals surface area contributed by atoms with E-state index in [-0.39, 0.29) is 10.7 Å². The average Bonchev–Trinajstić information content (AvgIpc) is 2.11. The topological polar surface area (TPSA) is 12.9 Å². The van der Waals surface area contributed by atoms with Gasteiger partial charge in [0, 0.05) is 0 Å². The van der Waals surface area contributed by atoms with Crippen molar-refractivity contribution in [2.45, 2.75) is 26.9 Å². The van der Waals surface area contributed by atoms with Gasteiger partial charge in [-0.3, -0.25) is 0 Å². The van der Waals surface area contributed by atoms with E-state index in [1.807, 2.05) is 13.8 Å². The van der Waals surface area contributed by atoms with Crippen LogP contribution in [0.1, 0.15) is 25.2 Å². The largest absolute Gasteiger partial charge is 0.433 e. The molecule has 0 atom stereocenters. The predicted molar refractivity (Wildman–Crippen MR) is 50.3 cm³/mol. The smallest absolute Gasteiger partial charge is 0.247 e. The first-order valence-electron chi connectivity index (χ1n) is 4.11. The lowest BCUT2D eigenvalue weighted by Gasteiger charge is -2.06. The number of hydrogen-bond acceptors (Lipinski definition) is 1. The summed E-state index contributed by atoms with van der Waals surface area (Å²) < 4.78 is 36.0. The SMILES string of the molecule is CC.Cc1nc(C(F)(F)F)ccc1Cl. The zero-order valence-electron chi connectivity index (χ0n) is 8.11. The van der Waals surface area contributed by atoms with Gasteiger partial charge >= 0.3 is 6.18 Å². The summed E-state index contributed by atoms with van der Waals surface area (Å²) in [6, 6.07) is 2.04. The van der Waals surface area contributed by atoms with Crippen molar-refractivity contribution < 1.29 is 13.2 Å². The number of halogens is 4. The maximum Gasteiger partial charge on any atom is 0.433 e. The van der Waals surface area contributed by atoms with E-state index in [0.717, 1.165) is 6.07 Å². The molecule has 0 aliphatic carbocycles. The summed E-state index contributed by atoms with van der Waals surface area (Å²) in [6.45, 7) is 5.43. The highest BCUT2D eigenvalue weighted by Gasteiger charge is 2.32. The lowest BCUT2D eigenvalue weighted by atomic mass is 10.3. The van der Waals surface area contributed by atoms with E-state index in [1.165, 1.54) is 13.0 Å². The van der Waals surface area contributed by atoms with E-state index >= 15 is 0 Å². The molecule has 1 nitrogen and oxygen atoms in total. The van der Waals surface area contributed by atoms with Gasteiger partial charge in [0.2, 0.25) is 0 Å². The Morgan fingerprint density at radius 3 is 2.07 bits per heavy atom. The number of aromatic nitrogens is 1. The molecule has 0 aliphatic rings. The molecule has 0 bridgehead atoms. The molecule has 5 heteroatoms. The van der Waals surface area contributed by atoms with Crippen LogP contribution in [0.5, 0.6) is 0 Å². The first-order chi connectivity index (χ1) is 6.41. The van der Waals surface area contributed by atoms with Gasteiger partial charge in [0.1, 0.15) is 5.69 Å². The number of nitrogens with zero attached hydrogens (tertiary/aromatic N) is 1. The summed E-state index contributed by atoms with van der Waals surface area (Å²) in [7, 11) is 0. The van der Waals surface area contributed by atoms with Gasteiger partial charge in [-0.15, -0.1) is 0 Å². The molecule has 0 saturated heterocycles. The van der Waals surface area contributed by atoms with Crippen molar-refractivity contribution in [1.29, 1.82) is 0 Å². The molecular weight excluding hydrogens is 215 g/mol. The molecule has 1 heterocycles. The maximum absolute atomic E-state index is 12.0. The number of hydrogen-bond donors (Lipinski definition) is 0. The molecule has 0 aliphatic heterocycles. The van der Waals surface area contributed by atoms with Crippen molar-refractivity contribution in [3.8, 4) is 0 Å². The fraction of sp³-hybridized carbons (Fsp3) is 0.444. The van der Waals surface area contributed by atoms with E-state index in [4.69, 9.17) is 11.6 Å². The second-order valence-electron chi connectivity index (χ2n) is 2.26. The summed E-state index contributed by atoms with van der Waals surface area (Å²) in [5, 5.41) is 0.239. The second-order valence-corrected chi connectivity index (χ2v) is 2.67. The van der Waals surface area contributed by atoms with Gasteiger partial charge in [-0.25, -0.2) is 4.98 Å². The van der Waals surface area contributed by atoms with Gasteiger partial charge < -0.3 is 0 Å². The summed E-state index contributed by atoms with van der Waals surface area (Å²) in [5.74, 6) is 0. The Balaban J connectivity index is 0.000000791. The maximum atomic E-state index is 12.0. The van der Waals surface area contributed by atoms with E-state index < -0.39 is 11.9 Å². The molecule has 0 spiro atoms. The minimum absolute atomic E-state index is 0.187. The lowest BCUT2D eigenvalue weighted by molar-refractivity contribution is -0.141. The third-order valence-electron chi connectivity index (χ3n) is 1.31. The zero-order valence-corrected chi connectivity index (χ0v) is 8.87. The molecule has 0 unspecified atom stereocenters. The van der Waals surface area contributed by atoms with Crippen LogP contribution >= 0.6 is 11.6 Å². The Morgan fingerprint density at radius 2 is 1.71 bits per heavy atom. The fourth-order valence-corrected chi connectivity index (χ4v) is 0.807. The second kappa shape index (κ2) is 5.20. The van der Waals surface area contributed by atoms with Crippen molar-refractivity contribution >= 4 is 11.6 Å². The first kappa shape index (κ1) is 13.2. The highest BCUT2D eigenvalue weighted by Crippen LogP contribution is 2.28. The molecule has 0 N–H and O–H groups in total. The van der Waals surface area contributed by atoms with Crippen LogP contribution in [0.3, 0.4) is 0 Å². The third-order valence-corrected chi connectivity index (χ3v) is 1.71. The zero-order chi connectivity index (χ0) is 11.4. The van der Waals surface area contributed by atoms with Gasteiger partial charge in [-0.05, 0) is 19.1 Å². The quantitative estimate of drug-likeness (QED) is 0.648. The monoisotopic (exact) mass is 225 g/mol. The molecule has 0 radical (unpaired) electrons. The van der Waals surface area contributed by atoms with Crippen LogP contribution < -0.4 is 0 Å². The minimum Gasteiger partial charge on any atom is -0.247 e. The molecule has 0 amide bonds. The Hall–Kier alpha value is -0.770. The minimum atomic E-state index is -4.39. The summed E-state index contributed by atoms with van der Waals surface area (Å²) in [5.41, 5.74) is -0.726. The van der Waals surface area contributed by atoms with Crippen molar-refractivity contribution in [3.63, 3.8) is 0 Å². The summed E-state index contributed by atoms with van der Waals surface area (Å²) >= 11 is 5.50. The molecule has 1 rings (SSSR count). The molecule has 0 fully saturated rings. The standard InChI is InChI=1S/C7H5ClF3N.C2H6/c1-4-5(8)2-3-6(12-4)7(9,10)11;1-2/h2-3H,1H3;1-2H3. The lowest BCUT2D eigenvalue weighted by Crippen LogP contribution is -2.08. The molecule has 0 aromatic carbocycles. The van der Waals surface area contributed by atoms with Crippen LogP contribution in [0.4, 0.5) is 13.2 Å². The molecule has 80 valence electrons. The molecule has 1 aromatic heterocycles. The normalized spacial score (nSPS) is 10.5. The Bertz CT molecular complexity index is 297. The van der Waals surface area contributed by atoms with Crippen molar-refractivity contribution in [2.75, 3.05) is 0 Å². The van der Waals surface area contributed by atoms with Crippen LogP contribution in [0.15, 0.2) is 12.1 Å². The number of rotatable bonds is 0.